The lowest BCUT2D eigenvalue weighted by atomic mass is 10.0. The van der Waals surface area contributed by atoms with Gasteiger partial charge in [0.2, 0.25) is 0 Å². The van der Waals surface area contributed by atoms with Crippen LogP contribution in [0.1, 0.15) is 18.0 Å². The number of aryl methyl sites for hydroxylation is 1. The van der Waals surface area contributed by atoms with E-state index in [0.29, 0.717) is 36.9 Å². The van der Waals surface area contributed by atoms with Crippen LogP contribution in [0, 0.1) is 12.7 Å². The van der Waals surface area contributed by atoms with Crippen LogP contribution in [0.2, 0.25) is 0 Å². The molecule has 0 bridgehead atoms. The predicted octanol–water partition coefficient (Wildman–Crippen LogP) is 2.63. The molecule has 3 heterocycles. The van der Waals surface area contributed by atoms with Crippen LogP contribution < -0.4 is 0 Å². The van der Waals surface area contributed by atoms with Crippen molar-refractivity contribution in [1.82, 2.24) is 20.0 Å². The van der Waals surface area contributed by atoms with Gasteiger partial charge in [-0.3, -0.25) is 0 Å². The first-order valence-electron chi connectivity index (χ1n) is 7.91. The van der Waals surface area contributed by atoms with Crippen LogP contribution in [0.5, 0.6) is 0 Å². The molecular weight excluding hydrogens is 327 g/mol. The van der Waals surface area contributed by atoms with Crippen molar-refractivity contribution >= 4 is 0 Å². The van der Waals surface area contributed by atoms with Crippen molar-refractivity contribution in [3.63, 3.8) is 0 Å². The van der Waals surface area contributed by atoms with Gasteiger partial charge in [0, 0.05) is 19.2 Å². The number of nitrogens with zero attached hydrogens (tertiary/aromatic N) is 4. The topological polar surface area (TPSA) is 75.2 Å². The van der Waals surface area contributed by atoms with Gasteiger partial charge >= 0.3 is 0 Å². The van der Waals surface area contributed by atoms with Gasteiger partial charge in [0.1, 0.15) is 11.5 Å². The van der Waals surface area contributed by atoms with Crippen LogP contribution in [-0.4, -0.2) is 40.3 Å². The third-order valence-corrected chi connectivity index (χ3v) is 4.35. The molecule has 1 atom stereocenters. The fourth-order valence-corrected chi connectivity index (χ4v) is 2.92. The first-order chi connectivity index (χ1) is 12.1. The largest absolute Gasteiger partial charge is 0.416 e. The van der Waals surface area contributed by atoms with E-state index in [-0.39, 0.29) is 11.7 Å². The molecule has 8 heteroatoms. The summed E-state index contributed by atoms with van der Waals surface area (Å²) in [5.74, 6) is 0.342. The van der Waals surface area contributed by atoms with E-state index in [1.165, 1.54) is 12.1 Å². The zero-order valence-corrected chi connectivity index (χ0v) is 13.9. The number of hydrogen-bond acceptors (Lipinski definition) is 6. The molecule has 7 nitrogen and oxygen atoms in total. The number of halogens is 1. The molecule has 1 aliphatic rings. The molecule has 0 amide bonds. The van der Waals surface area contributed by atoms with Crippen molar-refractivity contribution in [1.29, 1.82) is 0 Å². The lowest BCUT2D eigenvalue weighted by molar-refractivity contribution is -0.0407. The van der Waals surface area contributed by atoms with Crippen molar-refractivity contribution in [2.45, 2.75) is 18.9 Å². The van der Waals surface area contributed by atoms with Crippen LogP contribution >= 0.6 is 0 Å². The molecule has 130 valence electrons. The first kappa shape index (κ1) is 15.9. The monoisotopic (exact) mass is 344 g/mol. The number of hydrogen-bond donors (Lipinski definition) is 0. The molecule has 2 aromatic heterocycles. The van der Waals surface area contributed by atoms with Crippen LogP contribution in [-0.2, 0) is 15.1 Å². The number of methoxy groups -OCH3 is 1. The van der Waals surface area contributed by atoms with E-state index >= 15 is 0 Å². The summed E-state index contributed by atoms with van der Waals surface area (Å²) in [6, 6.07) is 8.04. The second-order valence-electron chi connectivity index (χ2n) is 5.98. The first-order valence-corrected chi connectivity index (χ1v) is 7.91. The van der Waals surface area contributed by atoms with Crippen LogP contribution in [0.4, 0.5) is 4.39 Å². The number of rotatable bonds is 4. The number of benzene rings is 1. The lowest BCUT2D eigenvalue weighted by Gasteiger charge is -2.20. The summed E-state index contributed by atoms with van der Waals surface area (Å²) in [6.45, 7) is 2.83. The highest BCUT2D eigenvalue weighted by Gasteiger charge is 2.42. The molecule has 0 radical (unpaired) electrons. The SMILES string of the molecule is COC1(c2nnc(-c3cc(C)n(-c4cccc(F)c4)n3)o2)CCOC1. The number of aromatic nitrogens is 4. The van der Waals surface area contributed by atoms with E-state index in [0.717, 1.165) is 5.69 Å². The van der Waals surface area contributed by atoms with Crippen molar-refractivity contribution in [2.75, 3.05) is 20.3 Å². The van der Waals surface area contributed by atoms with Crippen molar-refractivity contribution < 1.29 is 18.3 Å². The van der Waals surface area contributed by atoms with Gasteiger partial charge < -0.3 is 13.9 Å². The average Bonchev–Trinajstić information content (AvgIpc) is 3.34. The van der Waals surface area contributed by atoms with Gasteiger partial charge in [-0.1, -0.05) is 6.07 Å². The predicted molar refractivity (Wildman–Crippen MR) is 85.7 cm³/mol. The maximum absolute atomic E-state index is 13.5. The highest BCUT2D eigenvalue weighted by Crippen LogP contribution is 2.34. The maximum atomic E-state index is 13.5. The third-order valence-electron chi connectivity index (χ3n) is 4.35. The van der Waals surface area contributed by atoms with E-state index in [1.54, 1.807) is 23.9 Å². The minimum Gasteiger partial charge on any atom is -0.416 e. The quantitative estimate of drug-likeness (QED) is 0.724. The second kappa shape index (κ2) is 6.05. The third kappa shape index (κ3) is 2.73. The van der Waals surface area contributed by atoms with Crippen LogP contribution in [0.15, 0.2) is 34.7 Å². The minimum absolute atomic E-state index is 0.288. The Morgan fingerprint density at radius 1 is 1.28 bits per heavy atom. The molecule has 25 heavy (non-hydrogen) atoms. The summed E-state index contributed by atoms with van der Waals surface area (Å²) in [5, 5.41) is 12.7. The summed E-state index contributed by atoms with van der Waals surface area (Å²) in [7, 11) is 1.60. The van der Waals surface area contributed by atoms with E-state index in [2.05, 4.69) is 15.3 Å². The average molecular weight is 344 g/mol. The molecule has 4 rings (SSSR count). The Hall–Kier alpha value is -2.58. The summed E-state index contributed by atoms with van der Waals surface area (Å²) in [4.78, 5) is 0. The molecule has 3 aromatic rings. The Morgan fingerprint density at radius 3 is 2.88 bits per heavy atom. The minimum atomic E-state index is -0.703. The van der Waals surface area contributed by atoms with Gasteiger partial charge in [0.25, 0.3) is 11.8 Å². The normalized spacial score (nSPS) is 20.3. The molecule has 1 unspecified atom stereocenters. The van der Waals surface area contributed by atoms with Gasteiger partial charge in [-0.2, -0.15) is 5.10 Å². The van der Waals surface area contributed by atoms with Gasteiger partial charge in [-0.15, -0.1) is 10.2 Å². The second-order valence-corrected chi connectivity index (χ2v) is 5.98. The standard InChI is InChI=1S/C17H17FN4O3/c1-11-8-14(21-22(11)13-5-3-4-12(18)9-13)15-19-20-16(25-15)17(23-2)6-7-24-10-17/h3-5,8-9H,6-7,10H2,1-2H3. The van der Waals surface area contributed by atoms with Crippen LogP contribution in [0.25, 0.3) is 17.3 Å². The Balaban J connectivity index is 1.69. The molecule has 1 fully saturated rings. The van der Waals surface area contributed by atoms with Gasteiger partial charge in [0.15, 0.2) is 5.60 Å². The summed E-state index contributed by atoms with van der Waals surface area (Å²) in [5.41, 5.74) is 1.27. The number of ether oxygens (including phenoxy) is 2. The van der Waals surface area contributed by atoms with E-state index in [1.807, 2.05) is 13.0 Å². The molecule has 1 saturated heterocycles. The highest BCUT2D eigenvalue weighted by molar-refractivity contribution is 5.49. The fourth-order valence-electron chi connectivity index (χ4n) is 2.92. The summed E-state index contributed by atoms with van der Waals surface area (Å²) < 4.78 is 31.9. The van der Waals surface area contributed by atoms with Crippen molar-refractivity contribution in [3.05, 3.63) is 47.7 Å². The highest BCUT2D eigenvalue weighted by atomic mass is 19.1. The van der Waals surface area contributed by atoms with Crippen molar-refractivity contribution in [2.24, 2.45) is 0 Å². The molecule has 0 spiro atoms. The Morgan fingerprint density at radius 2 is 2.16 bits per heavy atom. The molecular formula is C17H17FN4O3. The molecule has 0 N–H and O–H groups in total. The molecule has 1 aliphatic heterocycles. The van der Waals surface area contributed by atoms with Gasteiger partial charge in [-0.25, -0.2) is 9.07 Å². The Kier molecular flexibility index (Phi) is 3.85. The smallest absolute Gasteiger partial charge is 0.268 e. The molecule has 1 aromatic carbocycles. The van der Waals surface area contributed by atoms with Gasteiger partial charge in [0.05, 0.1) is 18.9 Å². The zero-order chi connectivity index (χ0) is 17.4. The van der Waals surface area contributed by atoms with Crippen LogP contribution in [0.3, 0.4) is 0 Å². The Labute approximate surface area is 143 Å². The van der Waals surface area contributed by atoms with Crippen molar-refractivity contribution in [3.8, 4) is 17.3 Å². The van der Waals surface area contributed by atoms with E-state index < -0.39 is 5.60 Å². The van der Waals surface area contributed by atoms with E-state index in [9.17, 15) is 4.39 Å². The molecule has 0 aliphatic carbocycles. The summed E-state index contributed by atoms with van der Waals surface area (Å²) >= 11 is 0. The Bertz CT molecular complexity index is 899. The summed E-state index contributed by atoms with van der Waals surface area (Å²) in [6.07, 6.45) is 0.655. The zero-order valence-electron chi connectivity index (χ0n) is 13.9. The fraction of sp³-hybridized carbons (Fsp3) is 0.353. The maximum Gasteiger partial charge on any atom is 0.268 e. The molecule has 0 saturated carbocycles. The lowest BCUT2D eigenvalue weighted by Crippen LogP contribution is -2.29. The van der Waals surface area contributed by atoms with E-state index in [4.69, 9.17) is 13.9 Å². The van der Waals surface area contributed by atoms with Gasteiger partial charge in [-0.05, 0) is 31.2 Å².